The summed E-state index contributed by atoms with van der Waals surface area (Å²) in [5.74, 6) is 1.84. The first kappa shape index (κ1) is 20.9. The SMILES string of the molecule is Cc1nnc2n1-c1ccc(-c3cnn(CC(O)O)c3)cc1N(c1ccc(C#N)cc1)C[C@H]2C. The molecule has 0 radical (unpaired) electrons. The number of aliphatic hydroxyl groups is 2. The normalized spacial score (nSPS) is 15.2. The standard InChI is InChI=1S/C24H23N7O2/c1-15-12-30(20-6-3-17(10-25)4-7-20)22-9-18(19-11-26-29(13-19)14-23(32)33)5-8-21(22)31-16(2)27-28-24(15)31/h3-9,11,13,15,23,32-33H,12,14H2,1-2H3/t15-/m1/s1. The van der Waals surface area contributed by atoms with Crippen LogP contribution in [0.3, 0.4) is 0 Å². The van der Waals surface area contributed by atoms with Gasteiger partial charge in [0.25, 0.3) is 0 Å². The summed E-state index contributed by atoms with van der Waals surface area (Å²) in [6.45, 7) is 4.77. The Kier molecular flexibility index (Phi) is 5.17. The van der Waals surface area contributed by atoms with Crippen LogP contribution in [0.1, 0.15) is 30.1 Å². The Morgan fingerprint density at radius 1 is 1.09 bits per heavy atom. The van der Waals surface area contributed by atoms with E-state index in [1.165, 1.54) is 4.68 Å². The van der Waals surface area contributed by atoms with E-state index in [1.54, 1.807) is 12.4 Å². The number of aryl methyl sites for hydroxylation is 1. The highest BCUT2D eigenvalue weighted by Gasteiger charge is 2.28. The third-order valence-corrected chi connectivity index (χ3v) is 5.88. The molecule has 0 fully saturated rings. The Hall–Kier alpha value is -4.00. The van der Waals surface area contributed by atoms with Crippen molar-refractivity contribution in [2.75, 3.05) is 11.4 Å². The van der Waals surface area contributed by atoms with Crippen LogP contribution >= 0.6 is 0 Å². The largest absolute Gasteiger partial charge is 0.367 e. The van der Waals surface area contributed by atoms with Gasteiger partial charge in [-0.05, 0) is 48.9 Å². The van der Waals surface area contributed by atoms with Gasteiger partial charge in [-0.2, -0.15) is 10.4 Å². The zero-order valence-electron chi connectivity index (χ0n) is 18.3. The Morgan fingerprint density at radius 3 is 2.61 bits per heavy atom. The predicted molar refractivity (Wildman–Crippen MR) is 122 cm³/mol. The number of nitrogens with zero attached hydrogens (tertiary/aromatic N) is 7. The molecule has 5 rings (SSSR count). The minimum absolute atomic E-state index is 0.00306. The zero-order valence-corrected chi connectivity index (χ0v) is 18.3. The third-order valence-electron chi connectivity index (χ3n) is 5.88. The van der Waals surface area contributed by atoms with Crippen LogP contribution in [0, 0.1) is 18.3 Å². The van der Waals surface area contributed by atoms with Gasteiger partial charge in [0.2, 0.25) is 0 Å². The van der Waals surface area contributed by atoms with E-state index in [1.807, 2.05) is 37.3 Å². The fourth-order valence-electron chi connectivity index (χ4n) is 4.30. The first-order valence-corrected chi connectivity index (χ1v) is 10.7. The lowest BCUT2D eigenvalue weighted by molar-refractivity contribution is -0.0534. The van der Waals surface area contributed by atoms with Crippen LogP contribution in [0.15, 0.2) is 54.9 Å². The molecule has 1 atom stereocenters. The molecule has 166 valence electrons. The van der Waals surface area contributed by atoms with Gasteiger partial charge >= 0.3 is 0 Å². The monoisotopic (exact) mass is 441 g/mol. The zero-order chi connectivity index (χ0) is 23.1. The van der Waals surface area contributed by atoms with Gasteiger partial charge in [0.05, 0.1) is 35.7 Å². The van der Waals surface area contributed by atoms with Crippen LogP contribution in [0.4, 0.5) is 11.4 Å². The topological polar surface area (TPSA) is 116 Å². The molecule has 0 amide bonds. The molecule has 0 aliphatic carbocycles. The quantitative estimate of drug-likeness (QED) is 0.468. The van der Waals surface area contributed by atoms with Crippen molar-refractivity contribution in [3.63, 3.8) is 0 Å². The van der Waals surface area contributed by atoms with Gasteiger partial charge in [0, 0.05) is 29.9 Å². The Balaban J connectivity index is 1.66. The van der Waals surface area contributed by atoms with Crippen molar-refractivity contribution in [3.8, 4) is 22.9 Å². The van der Waals surface area contributed by atoms with Crippen LogP contribution in [-0.2, 0) is 6.54 Å². The Bertz CT molecular complexity index is 1350. The van der Waals surface area contributed by atoms with Gasteiger partial charge in [-0.3, -0.25) is 9.25 Å². The Labute approximate surface area is 190 Å². The van der Waals surface area contributed by atoms with Gasteiger partial charge < -0.3 is 15.1 Å². The number of aliphatic hydroxyl groups excluding tert-OH is 1. The average Bonchev–Trinajstić information content (AvgIpc) is 3.40. The van der Waals surface area contributed by atoms with E-state index in [4.69, 9.17) is 0 Å². The Morgan fingerprint density at radius 2 is 1.88 bits per heavy atom. The first-order chi connectivity index (χ1) is 15.9. The van der Waals surface area contributed by atoms with Crippen LogP contribution < -0.4 is 4.90 Å². The van der Waals surface area contributed by atoms with E-state index < -0.39 is 6.29 Å². The summed E-state index contributed by atoms with van der Waals surface area (Å²) in [4.78, 5) is 2.24. The molecule has 0 saturated heterocycles. The summed E-state index contributed by atoms with van der Waals surface area (Å²) in [7, 11) is 0. The fraction of sp³-hybridized carbons (Fsp3) is 0.250. The highest BCUT2D eigenvalue weighted by Crippen LogP contribution is 2.40. The van der Waals surface area contributed by atoms with E-state index in [0.29, 0.717) is 12.1 Å². The molecule has 33 heavy (non-hydrogen) atoms. The predicted octanol–water partition coefficient (Wildman–Crippen LogP) is 2.88. The summed E-state index contributed by atoms with van der Waals surface area (Å²) in [5, 5.41) is 40.7. The van der Waals surface area contributed by atoms with Crippen LogP contribution in [0.5, 0.6) is 0 Å². The highest BCUT2D eigenvalue weighted by molar-refractivity contribution is 5.79. The molecule has 0 bridgehead atoms. The van der Waals surface area contributed by atoms with Crippen molar-refractivity contribution in [2.24, 2.45) is 0 Å². The number of benzene rings is 2. The second kappa shape index (κ2) is 8.16. The number of anilines is 2. The van der Waals surface area contributed by atoms with Crippen molar-refractivity contribution < 1.29 is 10.2 Å². The van der Waals surface area contributed by atoms with Crippen LogP contribution in [0.2, 0.25) is 0 Å². The smallest absolute Gasteiger partial charge is 0.171 e. The fourth-order valence-corrected chi connectivity index (χ4v) is 4.30. The molecule has 0 unspecified atom stereocenters. The van der Waals surface area contributed by atoms with Crippen molar-refractivity contribution in [1.82, 2.24) is 24.5 Å². The van der Waals surface area contributed by atoms with Crippen LogP contribution in [0.25, 0.3) is 16.8 Å². The van der Waals surface area contributed by atoms with E-state index >= 15 is 0 Å². The molecule has 3 heterocycles. The van der Waals surface area contributed by atoms with Gasteiger partial charge in [-0.25, -0.2) is 0 Å². The van der Waals surface area contributed by atoms with Crippen molar-refractivity contribution in [1.29, 1.82) is 5.26 Å². The summed E-state index contributed by atoms with van der Waals surface area (Å²) in [5.41, 5.74) is 5.38. The van der Waals surface area contributed by atoms with E-state index in [-0.39, 0.29) is 12.5 Å². The van der Waals surface area contributed by atoms with E-state index in [2.05, 4.69) is 49.9 Å². The second-order valence-corrected chi connectivity index (χ2v) is 8.25. The minimum Gasteiger partial charge on any atom is -0.367 e. The average molecular weight is 441 g/mol. The van der Waals surface area contributed by atoms with Gasteiger partial charge in [-0.1, -0.05) is 13.0 Å². The molecule has 4 aromatic rings. The number of nitriles is 1. The first-order valence-electron chi connectivity index (χ1n) is 10.7. The molecular formula is C24H23N7O2. The maximum atomic E-state index is 9.25. The molecule has 2 aromatic carbocycles. The molecular weight excluding hydrogens is 418 g/mol. The number of hydrogen-bond acceptors (Lipinski definition) is 7. The van der Waals surface area contributed by atoms with Gasteiger partial charge in [-0.15, -0.1) is 10.2 Å². The third kappa shape index (κ3) is 3.75. The van der Waals surface area contributed by atoms with Crippen molar-refractivity contribution in [2.45, 2.75) is 32.6 Å². The summed E-state index contributed by atoms with van der Waals surface area (Å²) >= 11 is 0. The summed E-state index contributed by atoms with van der Waals surface area (Å²) in [6.07, 6.45) is 2.04. The van der Waals surface area contributed by atoms with Gasteiger partial charge in [0.1, 0.15) is 11.6 Å². The summed E-state index contributed by atoms with van der Waals surface area (Å²) < 4.78 is 3.60. The second-order valence-electron chi connectivity index (χ2n) is 8.25. The van der Waals surface area contributed by atoms with E-state index in [0.717, 1.165) is 39.8 Å². The van der Waals surface area contributed by atoms with Crippen molar-refractivity contribution >= 4 is 11.4 Å². The maximum Gasteiger partial charge on any atom is 0.171 e. The number of rotatable bonds is 4. The highest BCUT2D eigenvalue weighted by atomic mass is 16.5. The molecule has 2 aromatic heterocycles. The molecule has 2 N–H and O–H groups in total. The van der Waals surface area contributed by atoms with Gasteiger partial charge in [0.15, 0.2) is 6.29 Å². The lowest BCUT2D eigenvalue weighted by atomic mass is 10.1. The number of fused-ring (bicyclic) bond motifs is 3. The lowest BCUT2D eigenvalue weighted by Crippen LogP contribution is -2.22. The molecule has 0 spiro atoms. The molecule has 1 aliphatic heterocycles. The molecule has 9 heteroatoms. The van der Waals surface area contributed by atoms with E-state index in [9.17, 15) is 15.5 Å². The summed E-state index contributed by atoms with van der Waals surface area (Å²) in [6, 6.07) is 15.9. The number of hydrogen-bond donors (Lipinski definition) is 2. The maximum absolute atomic E-state index is 9.25. The number of aromatic nitrogens is 5. The molecule has 0 saturated carbocycles. The molecule has 1 aliphatic rings. The lowest BCUT2D eigenvalue weighted by Gasteiger charge is -2.27. The minimum atomic E-state index is -1.46. The van der Waals surface area contributed by atoms with Crippen molar-refractivity contribution in [3.05, 3.63) is 72.1 Å². The molecule has 9 nitrogen and oxygen atoms in total. The van der Waals surface area contributed by atoms with Crippen LogP contribution in [-0.4, -0.2) is 47.6 Å².